The van der Waals surface area contributed by atoms with Gasteiger partial charge in [0.05, 0.1) is 0 Å². The van der Waals surface area contributed by atoms with Crippen LogP contribution in [0.4, 0.5) is 0 Å². The Bertz CT molecular complexity index is 227. The molecule has 0 aromatic carbocycles. The van der Waals surface area contributed by atoms with Gasteiger partial charge in [-0.15, -0.1) is 0 Å². The predicted molar refractivity (Wildman–Crippen MR) is 64.9 cm³/mol. The van der Waals surface area contributed by atoms with E-state index < -0.39 is 0 Å². The summed E-state index contributed by atoms with van der Waals surface area (Å²) >= 11 is 0. The van der Waals surface area contributed by atoms with Gasteiger partial charge < -0.3 is 4.79 Å². The maximum absolute atomic E-state index is 11.1. The molecule has 0 fully saturated rings. The number of carbonyl (C=O) groups excluding carboxylic acids is 1. The lowest BCUT2D eigenvalue weighted by molar-refractivity contribution is -0.117. The van der Waals surface area contributed by atoms with Crippen LogP contribution in [0.3, 0.4) is 0 Å². The third-order valence-corrected chi connectivity index (χ3v) is 3.30. The molecule has 0 aromatic heterocycles. The molecule has 0 N–H and O–H groups in total. The van der Waals surface area contributed by atoms with Gasteiger partial charge in [0.15, 0.2) is 0 Å². The first-order valence-electron chi connectivity index (χ1n) is 6.42. The fourth-order valence-electron chi connectivity index (χ4n) is 2.46. The highest BCUT2D eigenvalue weighted by molar-refractivity contribution is 5.76. The number of hydrogen-bond acceptors (Lipinski definition) is 1. The van der Waals surface area contributed by atoms with Gasteiger partial charge in [-0.05, 0) is 38.5 Å². The third-order valence-electron chi connectivity index (χ3n) is 3.30. The van der Waals surface area contributed by atoms with E-state index in [1.54, 1.807) is 12.5 Å². The molecule has 1 nitrogen and oxygen atoms in total. The molecule has 1 rings (SSSR count). The normalized spacial score (nSPS) is 20.4. The second-order valence-corrected chi connectivity index (χ2v) is 4.77. The number of allylic oxidation sites excluding steroid dienone is 2. The van der Waals surface area contributed by atoms with Crippen LogP contribution >= 0.6 is 0 Å². The molecule has 1 aliphatic carbocycles. The molecular weight excluding hydrogens is 184 g/mol. The van der Waals surface area contributed by atoms with Crippen molar-refractivity contribution >= 4 is 5.78 Å². The summed E-state index contributed by atoms with van der Waals surface area (Å²) < 4.78 is 0. The lowest BCUT2D eigenvalue weighted by Gasteiger charge is -2.13. The van der Waals surface area contributed by atoms with Crippen molar-refractivity contribution < 1.29 is 4.79 Å². The molecule has 0 amide bonds. The fourth-order valence-corrected chi connectivity index (χ4v) is 2.46. The van der Waals surface area contributed by atoms with Gasteiger partial charge in [0.1, 0.15) is 5.78 Å². The summed E-state index contributed by atoms with van der Waals surface area (Å²) in [4.78, 5) is 11.1. The van der Waals surface area contributed by atoms with E-state index in [0.717, 1.165) is 6.42 Å². The van der Waals surface area contributed by atoms with Crippen LogP contribution in [0.15, 0.2) is 11.6 Å². The third kappa shape index (κ3) is 4.63. The van der Waals surface area contributed by atoms with E-state index in [2.05, 4.69) is 13.0 Å². The second-order valence-electron chi connectivity index (χ2n) is 4.77. The first kappa shape index (κ1) is 12.5. The molecule has 0 saturated carbocycles. The van der Waals surface area contributed by atoms with E-state index in [1.165, 1.54) is 44.9 Å². The van der Waals surface area contributed by atoms with Gasteiger partial charge in [-0.25, -0.2) is 0 Å². The van der Waals surface area contributed by atoms with Crippen molar-refractivity contribution in [1.82, 2.24) is 0 Å². The Morgan fingerprint density at radius 2 is 2.20 bits per heavy atom. The molecule has 0 saturated heterocycles. The van der Waals surface area contributed by atoms with Crippen molar-refractivity contribution in [3.8, 4) is 0 Å². The van der Waals surface area contributed by atoms with Crippen LogP contribution in [-0.4, -0.2) is 5.78 Å². The summed E-state index contributed by atoms with van der Waals surface area (Å²) in [6.07, 6.45) is 12.1. The molecule has 1 unspecified atom stereocenters. The Morgan fingerprint density at radius 3 is 2.87 bits per heavy atom. The first-order valence-corrected chi connectivity index (χ1v) is 6.42. The number of hydrogen-bond donors (Lipinski definition) is 0. The van der Waals surface area contributed by atoms with E-state index >= 15 is 0 Å². The van der Waals surface area contributed by atoms with E-state index in [-0.39, 0.29) is 0 Å². The minimum atomic E-state index is 0.348. The highest BCUT2D eigenvalue weighted by Crippen LogP contribution is 2.32. The van der Waals surface area contributed by atoms with Crippen LogP contribution in [0.1, 0.15) is 65.2 Å². The van der Waals surface area contributed by atoms with E-state index in [1.807, 2.05) is 0 Å². The zero-order valence-corrected chi connectivity index (χ0v) is 10.2. The van der Waals surface area contributed by atoms with Gasteiger partial charge in [0, 0.05) is 6.42 Å². The molecule has 0 spiro atoms. The molecule has 86 valence electrons. The number of ketones is 1. The van der Waals surface area contributed by atoms with Crippen LogP contribution < -0.4 is 0 Å². The largest absolute Gasteiger partial charge is 0.300 e. The first-order chi connectivity index (χ1) is 7.24. The number of rotatable bonds is 7. The minimum Gasteiger partial charge on any atom is -0.300 e. The molecule has 0 aromatic rings. The van der Waals surface area contributed by atoms with Crippen molar-refractivity contribution in [2.24, 2.45) is 5.92 Å². The maximum Gasteiger partial charge on any atom is 0.130 e. The van der Waals surface area contributed by atoms with Crippen LogP contribution in [0, 0.1) is 5.92 Å². The predicted octanol–water partition coefficient (Wildman–Crippen LogP) is 4.27. The smallest absolute Gasteiger partial charge is 0.130 e. The molecule has 15 heavy (non-hydrogen) atoms. The second kappa shape index (κ2) is 6.81. The SMILES string of the molecule is CCCCCCC1=CCCC1CC(C)=O. The van der Waals surface area contributed by atoms with Crippen molar-refractivity contribution in [2.75, 3.05) is 0 Å². The monoisotopic (exact) mass is 208 g/mol. The lowest BCUT2D eigenvalue weighted by atomic mass is 9.92. The summed E-state index contributed by atoms with van der Waals surface area (Å²) in [6.45, 7) is 3.96. The summed E-state index contributed by atoms with van der Waals surface area (Å²) in [7, 11) is 0. The minimum absolute atomic E-state index is 0.348. The fraction of sp³-hybridized carbons (Fsp3) is 0.786. The number of carbonyl (C=O) groups is 1. The molecule has 1 aliphatic rings. The Kier molecular flexibility index (Phi) is 5.67. The lowest BCUT2D eigenvalue weighted by Crippen LogP contribution is -2.05. The molecular formula is C14H24O. The van der Waals surface area contributed by atoms with Crippen molar-refractivity contribution in [3.63, 3.8) is 0 Å². The quantitative estimate of drug-likeness (QED) is 0.451. The Balaban J connectivity index is 2.24. The molecule has 0 bridgehead atoms. The number of unbranched alkanes of at least 4 members (excludes halogenated alkanes) is 3. The zero-order chi connectivity index (χ0) is 11.1. The van der Waals surface area contributed by atoms with E-state index in [9.17, 15) is 4.79 Å². The van der Waals surface area contributed by atoms with E-state index in [4.69, 9.17) is 0 Å². The Hall–Kier alpha value is -0.590. The molecule has 0 aliphatic heterocycles. The van der Waals surface area contributed by atoms with Crippen molar-refractivity contribution in [3.05, 3.63) is 11.6 Å². The Morgan fingerprint density at radius 1 is 1.40 bits per heavy atom. The van der Waals surface area contributed by atoms with E-state index in [0.29, 0.717) is 11.7 Å². The summed E-state index contributed by atoms with van der Waals surface area (Å²) in [5.74, 6) is 0.936. The van der Waals surface area contributed by atoms with Gasteiger partial charge in [-0.3, -0.25) is 0 Å². The van der Waals surface area contributed by atoms with Crippen LogP contribution in [0.5, 0.6) is 0 Å². The molecule has 1 atom stereocenters. The molecule has 0 heterocycles. The maximum atomic E-state index is 11.1. The number of Topliss-reactive ketones (excluding diaryl/α,β-unsaturated/α-hetero) is 1. The van der Waals surface area contributed by atoms with Crippen LogP contribution in [0.25, 0.3) is 0 Å². The topological polar surface area (TPSA) is 17.1 Å². The highest BCUT2D eigenvalue weighted by atomic mass is 16.1. The summed E-state index contributed by atoms with van der Waals surface area (Å²) in [5, 5.41) is 0. The summed E-state index contributed by atoms with van der Waals surface area (Å²) in [6, 6.07) is 0. The van der Waals surface area contributed by atoms with Crippen molar-refractivity contribution in [1.29, 1.82) is 0 Å². The van der Waals surface area contributed by atoms with Gasteiger partial charge in [0.2, 0.25) is 0 Å². The van der Waals surface area contributed by atoms with Crippen LogP contribution in [-0.2, 0) is 4.79 Å². The average Bonchev–Trinajstić information content (AvgIpc) is 2.59. The van der Waals surface area contributed by atoms with Gasteiger partial charge in [-0.1, -0.05) is 37.8 Å². The average molecular weight is 208 g/mol. The van der Waals surface area contributed by atoms with Gasteiger partial charge in [-0.2, -0.15) is 0 Å². The molecule has 1 heteroatoms. The zero-order valence-electron chi connectivity index (χ0n) is 10.2. The van der Waals surface area contributed by atoms with Gasteiger partial charge in [0.25, 0.3) is 0 Å². The van der Waals surface area contributed by atoms with Gasteiger partial charge >= 0.3 is 0 Å². The Labute approximate surface area is 93.9 Å². The highest BCUT2D eigenvalue weighted by Gasteiger charge is 2.19. The summed E-state index contributed by atoms with van der Waals surface area (Å²) in [5.41, 5.74) is 1.57. The van der Waals surface area contributed by atoms with Crippen LogP contribution in [0.2, 0.25) is 0 Å². The van der Waals surface area contributed by atoms with Crippen molar-refractivity contribution in [2.45, 2.75) is 65.2 Å². The standard InChI is InChI=1S/C14H24O/c1-3-4-5-6-8-13-9-7-10-14(13)11-12(2)15/h9,14H,3-8,10-11H2,1-2H3. The molecule has 0 radical (unpaired) electrons.